The molecule has 0 radical (unpaired) electrons. The summed E-state index contributed by atoms with van der Waals surface area (Å²) in [6.07, 6.45) is 1.14. The molecule has 22 heteroatoms. The number of rotatable bonds is 30. The number of nitro benzene ring substituents is 1. The van der Waals surface area contributed by atoms with Crippen LogP contribution in [-0.2, 0) is 55.6 Å². The quantitative estimate of drug-likeness (QED) is 0.0155. The number of para-hydroxylation sites is 1. The largest absolute Gasteiger partial charge is 0.481 e. The lowest BCUT2D eigenvalue weighted by molar-refractivity contribution is -0.384. The number of anilines is 1. The van der Waals surface area contributed by atoms with Crippen LogP contribution in [0, 0.1) is 22.0 Å². The summed E-state index contributed by atoms with van der Waals surface area (Å²) in [4.78, 5) is 110. The highest BCUT2D eigenvalue weighted by Gasteiger charge is 2.26. The van der Waals surface area contributed by atoms with Crippen molar-refractivity contribution >= 4 is 60.6 Å². The van der Waals surface area contributed by atoms with Gasteiger partial charge in [0, 0.05) is 81.4 Å². The van der Waals surface area contributed by atoms with Crippen LogP contribution in [0.1, 0.15) is 99.3 Å². The van der Waals surface area contributed by atoms with Gasteiger partial charge in [0.1, 0.15) is 12.1 Å². The first-order chi connectivity index (χ1) is 33.0. The van der Waals surface area contributed by atoms with E-state index in [4.69, 9.17) is 9.63 Å². The lowest BCUT2D eigenvalue weighted by Crippen LogP contribution is -2.48. The number of carbonyl (C=O) groups is 7. The average molecular weight is 976 g/mol. The molecule has 69 heavy (non-hydrogen) atoms. The molecule has 0 bridgehead atoms. The number of fused-ring (bicyclic) bond motifs is 2. The molecule has 0 saturated heterocycles. The molecule has 21 nitrogen and oxygen atoms in total. The van der Waals surface area contributed by atoms with E-state index in [9.17, 15) is 58.2 Å². The first kappa shape index (κ1) is 54.6. The standard InChI is InChI=1S/C47H58N7O14P/c55-41(48-27-8-9-30-68-69(66,67)50-29-10-16-45(59)60)24-23-38(47(62)63)51-42(56)15-2-1-7-28-49-46(61)39(31-33-17-21-37(22-18-33)54(64)65)52-43(57)25-26-44(58)53-32-36-13-4-3-11-34(36)19-20-35-12-5-6-14-40(35)53/h3-6,11-14,17-18,21-22,38-39H,1-2,7-10,15-16,23-32H2,(H,48,55)(H,49,61)(H,51,56)(H,52,57)(H,59,60)(H,62,63)(H2,50,66,67)/t38-,39-/m0/s1. The molecular weight excluding hydrogens is 918 g/mol. The number of hydrogen-bond donors (Lipinski definition) is 8. The van der Waals surface area contributed by atoms with Gasteiger partial charge in [0.15, 0.2) is 0 Å². The molecule has 5 amide bonds. The van der Waals surface area contributed by atoms with E-state index >= 15 is 0 Å². The predicted molar refractivity (Wildman–Crippen MR) is 251 cm³/mol. The number of nitrogens with one attached hydrogen (secondary N) is 5. The van der Waals surface area contributed by atoms with E-state index in [-0.39, 0.29) is 95.7 Å². The average Bonchev–Trinajstić information content (AvgIpc) is 3.31. The summed E-state index contributed by atoms with van der Waals surface area (Å²) >= 11 is 0. The highest BCUT2D eigenvalue weighted by molar-refractivity contribution is 7.50. The van der Waals surface area contributed by atoms with Crippen LogP contribution in [0.4, 0.5) is 11.4 Å². The number of amides is 5. The molecule has 1 aliphatic heterocycles. The van der Waals surface area contributed by atoms with Crippen LogP contribution >= 0.6 is 7.75 Å². The smallest absolute Gasteiger partial charge is 0.402 e. The van der Waals surface area contributed by atoms with Gasteiger partial charge in [0.2, 0.25) is 29.5 Å². The number of carbonyl (C=O) groups excluding carboxylic acids is 5. The molecular formula is C47H58N7O14P. The number of carboxylic acids is 2. The second-order valence-corrected chi connectivity index (χ2v) is 17.7. The Labute approximate surface area is 398 Å². The molecule has 0 aliphatic carbocycles. The van der Waals surface area contributed by atoms with Gasteiger partial charge in [-0.3, -0.25) is 43.4 Å². The van der Waals surface area contributed by atoms with Crippen LogP contribution in [0.15, 0.2) is 72.8 Å². The van der Waals surface area contributed by atoms with Crippen molar-refractivity contribution in [3.05, 3.63) is 105 Å². The number of carboxylic acid groups (broad SMARTS) is 2. The summed E-state index contributed by atoms with van der Waals surface area (Å²) in [6.45, 7) is 0.481. The molecule has 3 aromatic rings. The lowest BCUT2D eigenvalue weighted by Gasteiger charge is -2.26. The maximum Gasteiger partial charge on any atom is 0.402 e. The first-order valence-electron chi connectivity index (χ1n) is 22.5. The van der Waals surface area contributed by atoms with Gasteiger partial charge in [-0.05, 0) is 67.9 Å². The molecule has 8 N–H and O–H groups in total. The van der Waals surface area contributed by atoms with Crippen molar-refractivity contribution in [3.8, 4) is 11.8 Å². The summed E-state index contributed by atoms with van der Waals surface area (Å²) < 4.78 is 16.8. The Morgan fingerprint density at radius 3 is 2.09 bits per heavy atom. The van der Waals surface area contributed by atoms with Crippen LogP contribution in [0.2, 0.25) is 0 Å². The molecule has 0 spiro atoms. The monoisotopic (exact) mass is 975 g/mol. The SMILES string of the molecule is O=C(O)CCCNP(=O)(O)OCCCCNC(=O)CC[C@H](NC(=O)CCCCCNC(=O)[C@H](Cc1ccc([N+](=O)[O-])cc1)NC(=O)CCC(=O)N1Cc2ccccc2C#Cc2ccccc21)C(=O)O. The zero-order valence-corrected chi connectivity index (χ0v) is 38.9. The number of unbranched alkanes of at least 4 members (excludes halogenated alkanes) is 3. The van der Waals surface area contributed by atoms with Gasteiger partial charge in [-0.25, -0.2) is 14.4 Å². The van der Waals surface area contributed by atoms with Crippen molar-refractivity contribution in [1.82, 2.24) is 26.4 Å². The molecule has 1 aliphatic rings. The van der Waals surface area contributed by atoms with Gasteiger partial charge in [0.05, 0.1) is 23.8 Å². The number of aliphatic carboxylic acids is 2. The number of nitrogens with zero attached hydrogens (tertiary/aromatic N) is 2. The minimum Gasteiger partial charge on any atom is -0.481 e. The highest BCUT2D eigenvalue weighted by Crippen LogP contribution is 2.36. The number of hydrogen-bond acceptors (Lipinski definition) is 11. The van der Waals surface area contributed by atoms with Gasteiger partial charge in [0.25, 0.3) is 5.69 Å². The first-order valence-corrected chi connectivity index (χ1v) is 24.1. The fourth-order valence-electron chi connectivity index (χ4n) is 6.99. The van der Waals surface area contributed by atoms with Crippen LogP contribution in [0.25, 0.3) is 0 Å². The molecule has 1 heterocycles. The Morgan fingerprint density at radius 1 is 0.710 bits per heavy atom. The third-order valence-corrected chi connectivity index (χ3v) is 11.8. The van der Waals surface area contributed by atoms with Crippen LogP contribution in [0.5, 0.6) is 0 Å². The Hall–Kier alpha value is -6.98. The van der Waals surface area contributed by atoms with E-state index in [1.165, 1.54) is 24.3 Å². The second-order valence-electron chi connectivity index (χ2n) is 16.1. The van der Waals surface area contributed by atoms with Crippen molar-refractivity contribution in [2.75, 3.05) is 31.1 Å². The minimum atomic E-state index is -4.09. The van der Waals surface area contributed by atoms with Crippen LogP contribution in [-0.4, -0.2) is 99.8 Å². The molecule has 0 saturated carbocycles. The minimum absolute atomic E-state index is 0.00410. The fraction of sp³-hybridized carbons (Fsp3) is 0.426. The Kier molecular flexibility index (Phi) is 22.5. The van der Waals surface area contributed by atoms with Crippen molar-refractivity contribution in [1.29, 1.82) is 0 Å². The van der Waals surface area contributed by atoms with E-state index in [0.717, 1.165) is 11.1 Å². The van der Waals surface area contributed by atoms with E-state index in [2.05, 4.69) is 38.2 Å². The number of non-ortho nitro benzene ring substituents is 1. The fourth-order valence-corrected chi connectivity index (χ4v) is 7.90. The van der Waals surface area contributed by atoms with Crippen molar-refractivity contribution in [2.24, 2.45) is 0 Å². The van der Waals surface area contributed by atoms with E-state index in [0.29, 0.717) is 48.9 Å². The highest BCUT2D eigenvalue weighted by atomic mass is 31.2. The van der Waals surface area contributed by atoms with E-state index in [1.54, 1.807) is 17.0 Å². The predicted octanol–water partition coefficient (Wildman–Crippen LogP) is 3.84. The number of nitro groups is 1. The topological polar surface area (TPSA) is 313 Å². The van der Waals surface area contributed by atoms with Crippen molar-refractivity contribution in [2.45, 2.75) is 102 Å². The molecule has 4 rings (SSSR count). The van der Waals surface area contributed by atoms with Gasteiger partial charge in [-0.2, -0.15) is 0 Å². The summed E-state index contributed by atoms with van der Waals surface area (Å²) in [5.41, 5.74) is 3.30. The van der Waals surface area contributed by atoms with Gasteiger partial charge >= 0.3 is 19.7 Å². The summed E-state index contributed by atoms with van der Waals surface area (Å²) in [7, 11) is -4.09. The van der Waals surface area contributed by atoms with Crippen molar-refractivity contribution in [3.63, 3.8) is 0 Å². The summed E-state index contributed by atoms with van der Waals surface area (Å²) in [6, 6.07) is 17.9. The molecule has 370 valence electrons. The Balaban J connectivity index is 1.18. The molecule has 3 aromatic carbocycles. The third-order valence-electron chi connectivity index (χ3n) is 10.7. The van der Waals surface area contributed by atoms with E-state index in [1.807, 2.05) is 36.4 Å². The zero-order chi connectivity index (χ0) is 50.2. The van der Waals surface area contributed by atoms with Gasteiger partial charge in [-0.15, -0.1) is 0 Å². The normalized spacial score (nSPS) is 13.3. The maximum absolute atomic E-state index is 13.7. The molecule has 0 aromatic heterocycles. The molecule has 3 atom stereocenters. The van der Waals surface area contributed by atoms with Crippen LogP contribution in [0.3, 0.4) is 0 Å². The maximum atomic E-state index is 13.7. The molecule has 0 fully saturated rings. The van der Waals surface area contributed by atoms with Gasteiger partial charge < -0.3 is 41.3 Å². The lowest BCUT2D eigenvalue weighted by atomic mass is 10.0. The van der Waals surface area contributed by atoms with Crippen LogP contribution < -0.4 is 31.3 Å². The summed E-state index contributed by atoms with van der Waals surface area (Å²) in [5, 5.41) is 42.3. The van der Waals surface area contributed by atoms with Gasteiger partial charge in [-0.1, -0.05) is 60.7 Å². The number of benzene rings is 3. The Morgan fingerprint density at radius 2 is 1.36 bits per heavy atom. The second kappa shape index (κ2) is 28.4. The third kappa shape index (κ3) is 20.0. The Bertz CT molecular complexity index is 2400. The zero-order valence-electron chi connectivity index (χ0n) is 38.0. The van der Waals surface area contributed by atoms with Crippen molar-refractivity contribution < 1.29 is 62.7 Å². The summed E-state index contributed by atoms with van der Waals surface area (Å²) in [5.74, 6) is 1.55. The van der Waals surface area contributed by atoms with E-state index < -0.39 is 60.3 Å². The molecule has 1 unspecified atom stereocenters.